The molecule has 0 bridgehead atoms. The maximum Gasteiger partial charge on any atom is 0.258 e. The van der Waals surface area contributed by atoms with Crippen LogP contribution >= 0.6 is 0 Å². The summed E-state index contributed by atoms with van der Waals surface area (Å²) in [7, 11) is 0. The van der Waals surface area contributed by atoms with Crippen LogP contribution in [0.25, 0.3) is 6.08 Å². The van der Waals surface area contributed by atoms with Crippen LogP contribution in [0.1, 0.15) is 56.3 Å². The molecule has 4 aliphatic rings. The molecule has 2 saturated heterocycles. The number of pyridine rings is 1. The van der Waals surface area contributed by atoms with Gasteiger partial charge in [-0.15, -0.1) is 0 Å². The summed E-state index contributed by atoms with van der Waals surface area (Å²) in [5.74, 6) is 0.833. The van der Waals surface area contributed by atoms with Gasteiger partial charge in [0.05, 0.1) is 12.1 Å². The SMILES string of the molecule is C/C=C\c1ccc2n(c1=O)C[C@@H]1[C@@H](CO)[C@H](C(=O)N3CCCCC3)N(CC3CC3)[C@H]21. The first-order valence-electron chi connectivity index (χ1n) is 11.7. The average Bonchev–Trinajstić information content (AvgIpc) is 3.43. The van der Waals surface area contributed by atoms with Crippen LogP contribution in [0.5, 0.6) is 0 Å². The van der Waals surface area contributed by atoms with E-state index in [4.69, 9.17) is 0 Å². The summed E-state index contributed by atoms with van der Waals surface area (Å²) in [5.41, 5.74) is 1.77. The van der Waals surface area contributed by atoms with Gasteiger partial charge in [-0.25, -0.2) is 0 Å². The Morgan fingerprint density at radius 3 is 2.63 bits per heavy atom. The first-order valence-corrected chi connectivity index (χ1v) is 11.7. The summed E-state index contributed by atoms with van der Waals surface area (Å²) in [5, 5.41) is 10.4. The van der Waals surface area contributed by atoms with Crippen molar-refractivity contribution >= 4 is 12.0 Å². The predicted molar refractivity (Wildman–Crippen MR) is 116 cm³/mol. The molecule has 3 aliphatic heterocycles. The Morgan fingerprint density at radius 1 is 1.20 bits per heavy atom. The second kappa shape index (κ2) is 7.97. The highest BCUT2D eigenvalue weighted by molar-refractivity contribution is 5.83. The molecule has 4 atom stereocenters. The molecule has 1 aromatic heterocycles. The number of aliphatic hydroxyl groups excluding tert-OH is 1. The van der Waals surface area contributed by atoms with Crippen molar-refractivity contribution in [3.05, 3.63) is 39.8 Å². The van der Waals surface area contributed by atoms with Crippen LogP contribution in [-0.4, -0.2) is 57.7 Å². The van der Waals surface area contributed by atoms with Gasteiger partial charge in [0.1, 0.15) is 0 Å². The lowest BCUT2D eigenvalue weighted by atomic mass is 9.88. The summed E-state index contributed by atoms with van der Waals surface area (Å²) in [6.45, 7) is 5.08. The number of rotatable bonds is 5. The summed E-state index contributed by atoms with van der Waals surface area (Å²) in [6.07, 6.45) is 9.53. The first-order chi connectivity index (χ1) is 14.6. The second-order valence-electron chi connectivity index (χ2n) is 9.56. The van der Waals surface area contributed by atoms with Crippen LogP contribution < -0.4 is 5.56 Å². The smallest absolute Gasteiger partial charge is 0.258 e. The van der Waals surface area contributed by atoms with Crippen molar-refractivity contribution in [2.45, 2.75) is 57.7 Å². The van der Waals surface area contributed by atoms with Crippen molar-refractivity contribution in [1.82, 2.24) is 14.4 Å². The van der Waals surface area contributed by atoms with Gasteiger partial charge in [-0.05, 0) is 57.1 Å². The number of hydrogen-bond acceptors (Lipinski definition) is 4. The van der Waals surface area contributed by atoms with E-state index in [0.717, 1.165) is 38.2 Å². The number of likely N-dealkylation sites (tertiary alicyclic amines) is 2. The normalized spacial score (nSPS) is 31.3. The van der Waals surface area contributed by atoms with E-state index < -0.39 is 0 Å². The third-order valence-corrected chi connectivity index (χ3v) is 7.65. The highest BCUT2D eigenvalue weighted by atomic mass is 16.3. The van der Waals surface area contributed by atoms with Gasteiger partial charge in [0.2, 0.25) is 5.91 Å². The largest absolute Gasteiger partial charge is 0.396 e. The Morgan fingerprint density at radius 2 is 1.97 bits per heavy atom. The van der Waals surface area contributed by atoms with Crippen molar-refractivity contribution in [2.75, 3.05) is 26.2 Å². The molecule has 3 fully saturated rings. The molecular weight excluding hydrogens is 378 g/mol. The number of fused-ring (bicyclic) bond motifs is 3. The zero-order valence-electron chi connectivity index (χ0n) is 17.9. The van der Waals surface area contributed by atoms with E-state index >= 15 is 0 Å². The van der Waals surface area contributed by atoms with Gasteiger partial charge >= 0.3 is 0 Å². The third-order valence-electron chi connectivity index (χ3n) is 7.65. The number of carbonyl (C=O) groups is 1. The molecule has 0 aromatic carbocycles. The summed E-state index contributed by atoms with van der Waals surface area (Å²) < 4.78 is 1.90. The van der Waals surface area contributed by atoms with Crippen molar-refractivity contribution in [3.8, 4) is 0 Å². The van der Waals surface area contributed by atoms with Crippen molar-refractivity contribution in [3.63, 3.8) is 0 Å². The number of nitrogens with zero attached hydrogens (tertiary/aromatic N) is 3. The molecule has 1 saturated carbocycles. The molecular formula is C24H33N3O3. The molecule has 162 valence electrons. The molecule has 30 heavy (non-hydrogen) atoms. The number of aromatic nitrogens is 1. The number of piperidine rings is 1. The number of allylic oxidation sites excluding steroid dienone is 1. The van der Waals surface area contributed by atoms with E-state index in [9.17, 15) is 14.7 Å². The van der Waals surface area contributed by atoms with Gasteiger partial charge in [0.15, 0.2) is 0 Å². The quantitative estimate of drug-likeness (QED) is 0.807. The Hall–Kier alpha value is -1.92. The molecule has 0 radical (unpaired) electrons. The van der Waals surface area contributed by atoms with Gasteiger partial charge in [0.25, 0.3) is 5.56 Å². The van der Waals surface area contributed by atoms with Crippen LogP contribution in [0.3, 0.4) is 0 Å². The van der Waals surface area contributed by atoms with Crippen LogP contribution in [0, 0.1) is 17.8 Å². The molecule has 6 heteroatoms. The number of amides is 1. The lowest BCUT2D eigenvalue weighted by Crippen LogP contribution is -2.51. The zero-order chi connectivity index (χ0) is 20.8. The fourth-order valence-electron chi connectivity index (χ4n) is 6.02. The van der Waals surface area contributed by atoms with E-state index in [1.54, 1.807) is 0 Å². The number of carbonyl (C=O) groups excluding carboxylic acids is 1. The second-order valence-corrected chi connectivity index (χ2v) is 9.56. The minimum Gasteiger partial charge on any atom is -0.396 e. The van der Waals surface area contributed by atoms with Crippen LogP contribution in [0.4, 0.5) is 0 Å². The molecule has 0 spiro atoms. The average molecular weight is 412 g/mol. The highest BCUT2D eigenvalue weighted by Crippen LogP contribution is 2.51. The molecule has 1 amide bonds. The molecule has 4 heterocycles. The van der Waals surface area contributed by atoms with Crippen molar-refractivity contribution in [2.24, 2.45) is 17.8 Å². The zero-order valence-corrected chi connectivity index (χ0v) is 17.9. The maximum absolute atomic E-state index is 13.6. The van der Waals surface area contributed by atoms with Crippen molar-refractivity contribution in [1.29, 1.82) is 0 Å². The molecule has 5 rings (SSSR count). The molecule has 1 aliphatic carbocycles. The van der Waals surface area contributed by atoms with E-state index in [1.807, 2.05) is 34.6 Å². The molecule has 1 aromatic rings. The fraction of sp³-hybridized carbons (Fsp3) is 0.667. The van der Waals surface area contributed by atoms with E-state index in [0.29, 0.717) is 18.0 Å². The third kappa shape index (κ3) is 3.25. The fourth-order valence-corrected chi connectivity index (χ4v) is 6.02. The monoisotopic (exact) mass is 411 g/mol. The van der Waals surface area contributed by atoms with E-state index in [-0.39, 0.29) is 42.0 Å². The van der Waals surface area contributed by atoms with Crippen LogP contribution in [-0.2, 0) is 11.3 Å². The minimum atomic E-state index is -0.261. The van der Waals surface area contributed by atoms with Gasteiger partial charge in [-0.2, -0.15) is 0 Å². The number of aliphatic hydroxyl groups is 1. The van der Waals surface area contributed by atoms with E-state index in [2.05, 4.69) is 11.0 Å². The Labute approximate surface area is 178 Å². The first kappa shape index (κ1) is 20.0. The van der Waals surface area contributed by atoms with Crippen molar-refractivity contribution < 1.29 is 9.90 Å². The van der Waals surface area contributed by atoms with Gasteiger partial charge in [-0.3, -0.25) is 14.5 Å². The van der Waals surface area contributed by atoms with Gasteiger partial charge in [-0.1, -0.05) is 12.2 Å². The lowest BCUT2D eigenvalue weighted by molar-refractivity contribution is -0.139. The Kier molecular flexibility index (Phi) is 5.31. The molecule has 0 unspecified atom stereocenters. The summed E-state index contributed by atoms with van der Waals surface area (Å²) in [6, 6.07) is 3.78. The maximum atomic E-state index is 13.6. The summed E-state index contributed by atoms with van der Waals surface area (Å²) >= 11 is 0. The lowest BCUT2D eigenvalue weighted by Gasteiger charge is -2.36. The van der Waals surface area contributed by atoms with E-state index in [1.165, 1.54) is 19.3 Å². The summed E-state index contributed by atoms with van der Waals surface area (Å²) in [4.78, 5) is 31.1. The Bertz CT molecular complexity index is 897. The van der Waals surface area contributed by atoms with Gasteiger partial charge < -0.3 is 14.6 Å². The van der Waals surface area contributed by atoms with Crippen LogP contribution in [0.15, 0.2) is 23.0 Å². The minimum absolute atomic E-state index is 0.00294. The Balaban J connectivity index is 1.53. The molecule has 6 nitrogen and oxygen atoms in total. The number of hydrogen-bond donors (Lipinski definition) is 1. The highest BCUT2D eigenvalue weighted by Gasteiger charge is 2.56. The topological polar surface area (TPSA) is 65.8 Å². The van der Waals surface area contributed by atoms with Gasteiger partial charge in [0, 0.05) is 55.9 Å². The predicted octanol–water partition coefficient (Wildman–Crippen LogP) is 2.27. The standard InChI is InChI=1S/C24H33N3O3/c1-2-6-17-9-10-20-21-18(14-26(20)23(17)29)19(15-28)22(27(21)13-16-7-8-16)24(30)25-11-4-3-5-12-25/h2,6,9-10,16,18-19,21-22,28H,3-5,7-8,11-15H2,1H3/b6-2-/t18-,19-,21+,22-/m1/s1. The van der Waals surface area contributed by atoms with Crippen LogP contribution in [0.2, 0.25) is 0 Å². The molecule has 1 N–H and O–H groups in total.